The summed E-state index contributed by atoms with van der Waals surface area (Å²) in [6.45, 7) is 9.80. The molecule has 0 radical (unpaired) electrons. The third kappa shape index (κ3) is 6.35. The third-order valence-corrected chi connectivity index (χ3v) is 8.70. The molecule has 0 spiro atoms. The summed E-state index contributed by atoms with van der Waals surface area (Å²) in [7, 11) is -0.841. The molecule has 3 N–H and O–H groups in total. The fourth-order valence-electron chi connectivity index (χ4n) is 4.67. The van der Waals surface area contributed by atoms with Gasteiger partial charge in [0, 0.05) is 62.4 Å². The summed E-state index contributed by atoms with van der Waals surface area (Å²) in [6.07, 6.45) is 1.54. The molecule has 2 aromatic carbocycles. The number of hydrogen-bond acceptors (Lipinski definition) is 9. The molecule has 0 atom stereocenters. The van der Waals surface area contributed by atoms with Crippen molar-refractivity contribution in [2.75, 3.05) is 75.2 Å². The van der Waals surface area contributed by atoms with E-state index in [-0.39, 0.29) is 12.4 Å². The van der Waals surface area contributed by atoms with E-state index in [9.17, 15) is 4.57 Å². The van der Waals surface area contributed by atoms with Gasteiger partial charge in [0.1, 0.15) is 17.9 Å². The molecule has 3 aromatic rings. The lowest BCUT2D eigenvalue weighted by Crippen LogP contribution is -2.61. The first kappa shape index (κ1) is 28.5. The van der Waals surface area contributed by atoms with Crippen LogP contribution in [0.25, 0.3) is 0 Å². The SMILES string of the molecule is COc1cc(N2CCN(C3CNC3)CC2)ccc1Nc1ncc(Cl)c(Nc2ccccc2P(C)(C)=O)n1.Cl. The number of anilines is 5. The summed E-state index contributed by atoms with van der Waals surface area (Å²) in [6, 6.07) is 14.3. The second kappa shape index (κ2) is 12.1. The van der Waals surface area contributed by atoms with E-state index >= 15 is 0 Å². The Morgan fingerprint density at radius 3 is 2.45 bits per heavy atom. The predicted molar refractivity (Wildman–Crippen MR) is 160 cm³/mol. The Hall–Kier alpha value is -2.55. The van der Waals surface area contributed by atoms with Gasteiger partial charge in [0.2, 0.25) is 5.95 Å². The van der Waals surface area contributed by atoms with Gasteiger partial charge in [0.25, 0.3) is 0 Å². The van der Waals surface area contributed by atoms with Gasteiger partial charge in [-0.1, -0.05) is 23.7 Å². The minimum absolute atomic E-state index is 0. The van der Waals surface area contributed by atoms with Crippen LogP contribution in [0.4, 0.5) is 28.8 Å². The zero-order valence-electron chi connectivity index (χ0n) is 21.8. The normalized spacial score (nSPS) is 16.4. The van der Waals surface area contributed by atoms with Crippen LogP contribution in [0, 0.1) is 0 Å². The van der Waals surface area contributed by atoms with Gasteiger partial charge in [-0.25, -0.2) is 4.98 Å². The molecule has 2 fully saturated rings. The van der Waals surface area contributed by atoms with E-state index in [1.165, 1.54) is 6.20 Å². The van der Waals surface area contributed by atoms with Gasteiger partial charge < -0.3 is 30.2 Å². The number of para-hydroxylation sites is 1. The highest BCUT2D eigenvalue weighted by Crippen LogP contribution is 2.39. The summed E-state index contributed by atoms with van der Waals surface area (Å²) in [5.74, 6) is 1.50. The van der Waals surface area contributed by atoms with Gasteiger partial charge in [0.15, 0.2) is 5.82 Å². The maximum atomic E-state index is 12.8. The van der Waals surface area contributed by atoms with Gasteiger partial charge in [-0.2, -0.15) is 4.98 Å². The summed E-state index contributed by atoms with van der Waals surface area (Å²) < 4.78 is 18.5. The number of ether oxygens (including phenoxy) is 1. The molecule has 3 heterocycles. The van der Waals surface area contributed by atoms with Crippen LogP contribution in [0.3, 0.4) is 0 Å². The van der Waals surface area contributed by atoms with Crippen molar-refractivity contribution < 1.29 is 9.30 Å². The number of nitrogens with one attached hydrogen (secondary N) is 3. The number of rotatable bonds is 8. The lowest BCUT2D eigenvalue weighted by molar-refractivity contribution is 0.138. The first-order chi connectivity index (χ1) is 17.8. The molecule has 9 nitrogen and oxygen atoms in total. The van der Waals surface area contributed by atoms with Crippen LogP contribution < -0.4 is 30.9 Å². The van der Waals surface area contributed by atoms with Crippen molar-refractivity contribution >= 4 is 65.3 Å². The molecule has 0 aliphatic carbocycles. The van der Waals surface area contributed by atoms with E-state index in [1.807, 2.05) is 36.4 Å². The fraction of sp³-hybridized carbons (Fsp3) is 0.385. The van der Waals surface area contributed by atoms with E-state index in [1.54, 1.807) is 20.4 Å². The minimum atomic E-state index is -2.50. The van der Waals surface area contributed by atoms with Crippen LogP contribution in [-0.4, -0.2) is 80.6 Å². The maximum absolute atomic E-state index is 12.8. The average molecular weight is 578 g/mol. The number of piperazine rings is 1. The van der Waals surface area contributed by atoms with E-state index in [0.29, 0.717) is 34.3 Å². The quantitative estimate of drug-likeness (QED) is 0.337. The van der Waals surface area contributed by atoms with Crippen molar-refractivity contribution in [2.24, 2.45) is 0 Å². The molecule has 5 rings (SSSR count). The van der Waals surface area contributed by atoms with Gasteiger partial charge >= 0.3 is 0 Å². The second-order valence-corrected chi connectivity index (χ2v) is 13.3. The summed E-state index contributed by atoms with van der Waals surface area (Å²) in [5.41, 5.74) is 2.59. The standard InChI is InChI=1S/C26H33ClN7O2P.ClH/c1-36-23-14-18(33-10-12-34(13-11-33)19-15-28-16-19)8-9-21(23)31-26-29-17-20(27)25(32-26)30-22-6-4-5-7-24(22)37(2,3)35;/h4-9,14,17,19,28H,10-13,15-16H2,1-3H3,(H2,29,30,31,32);1H. The molecule has 12 heteroatoms. The van der Waals surface area contributed by atoms with E-state index in [4.69, 9.17) is 16.3 Å². The van der Waals surface area contributed by atoms with E-state index in [0.717, 1.165) is 55.9 Å². The Kier molecular flexibility index (Phi) is 9.06. The molecule has 1 aromatic heterocycles. The Balaban J connectivity index is 0.00000336. The molecule has 38 heavy (non-hydrogen) atoms. The van der Waals surface area contributed by atoms with Crippen molar-refractivity contribution in [2.45, 2.75) is 6.04 Å². The Morgan fingerprint density at radius 1 is 1.05 bits per heavy atom. The number of hydrogen-bond donors (Lipinski definition) is 3. The molecule has 204 valence electrons. The lowest BCUT2D eigenvalue weighted by atomic mass is 10.1. The van der Waals surface area contributed by atoms with Gasteiger partial charge in [0.05, 0.1) is 24.7 Å². The van der Waals surface area contributed by atoms with Gasteiger partial charge in [-0.3, -0.25) is 4.90 Å². The largest absolute Gasteiger partial charge is 0.494 e. The van der Waals surface area contributed by atoms with E-state index < -0.39 is 7.14 Å². The molecule has 0 unspecified atom stereocenters. The molecular weight excluding hydrogens is 544 g/mol. The molecule has 2 aliphatic rings. The molecule has 0 saturated carbocycles. The second-order valence-electron chi connectivity index (χ2n) is 9.73. The molecule has 0 amide bonds. The van der Waals surface area contributed by atoms with Crippen LogP contribution in [0.5, 0.6) is 5.75 Å². The summed E-state index contributed by atoms with van der Waals surface area (Å²) in [5, 5.41) is 10.9. The third-order valence-electron chi connectivity index (χ3n) is 6.87. The van der Waals surface area contributed by atoms with Crippen LogP contribution in [0.15, 0.2) is 48.7 Å². The smallest absolute Gasteiger partial charge is 0.229 e. The highest BCUT2D eigenvalue weighted by Gasteiger charge is 2.28. The van der Waals surface area contributed by atoms with Crippen LogP contribution in [0.2, 0.25) is 5.02 Å². The zero-order chi connectivity index (χ0) is 26.0. The number of halogens is 2. The Labute approximate surface area is 235 Å². The van der Waals surface area contributed by atoms with Crippen LogP contribution in [0.1, 0.15) is 0 Å². The zero-order valence-corrected chi connectivity index (χ0v) is 24.2. The van der Waals surface area contributed by atoms with Crippen LogP contribution >= 0.6 is 31.1 Å². The summed E-state index contributed by atoms with van der Waals surface area (Å²) >= 11 is 6.40. The lowest BCUT2D eigenvalue weighted by Gasteiger charge is -2.44. The first-order valence-corrected chi connectivity index (χ1v) is 15.4. The first-order valence-electron chi connectivity index (χ1n) is 12.4. The van der Waals surface area contributed by atoms with E-state index in [2.05, 4.69) is 41.8 Å². The topological polar surface area (TPSA) is 94.6 Å². The Bertz CT molecular complexity index is 1310. The molecular formula is C26H34Cl2N7O2P. The minimum Gasteiger partial charge on any atom is -0.494 e. The van der Waals surface area contributed by atoms with Gasteiger partial charge in [-0.15, -0.1) is 12.4 Å². The highest BCUT2D eigenvalue weighted by molar-refractivity contribution is 7.70. The van der Waals surface area contributed by atoms with Crippen LogP contribution in [-0.2, 0) is 4.57 Å². The monoisotopic (exact) mass is 577 g/mol. The molecule has 2 aliphatic heterocycles. The number of methoxy groups -OCH3 is 1. The van der Waals surface area contributed by atoms with Crippen molar-refractivity contribution in [3.8, 4) is 5.75 Å². The van der Waals surface area contributed by atoms with Crippen molar-refractivity contribution in [3.05, 3.63) is 53.7 Å². The fourth-order valence-corrected chi connectivity index (χ4v) is 5.96. The highest BCUT2D eigenvalue weighted by atomic mass is 35.5. The predicted octanol–water partition coefficient (Wildman–Crippen LogP) is 4.39. The molecule has 0 bridgehead atoms. The number of aromatic nitrogens is 2. The van der Waals surface area contributed by atoms with Crippen molar-refractivity contribution in [1.29, 1.82) is 0 Å². The number of benzene rings is 2. The average Bonchev–Trinajstić information content (AvgIpc) is 2.85. The Morgan fingerprint density at radius 2 is 1.79 bits per heavy atom. The summed E-state index contributed by atoms with van der Waals surface area (Å²) in [4.78, 5) is 13.9. The van der Waals surface area contributed by atoms with Crippen molar-refractivity contribution in [3.63, 3.8) is 0 Å². The molecule has 2 saturated heterocycles. The number of nitrogens with zero attached hydrogens (tertiary/aromatic N) is 4. The van der Waals surface area contributed by atoms with Gasteiger partial charge in [-0.05, 0) is 37.6 Å². The van der Waals surface area contributed by atoms with Crippen molar-refractivity contribution in [1.82, 2.24) is 20.2 Å². The maximum Gasteiger partial charge on any atom is 0.229 e.